The molecular formula is C10H15N3O. The van der Waals surface area contributed by atoms with Crippen LogP contribution in [-0.4, -0.2) is 26.0 Å². The molecule has 0 aliphatic rings. The maximum absolute atomic E-state index is 11.3. The Morgan fingerprint density at radius 2 is 2.29 bits per heavy atom. The van der Waals surface area contributed by atoms with E-state index in [1.807, 2.05) is 12.1 Å². The van der Waals surface area contributed by atoms with Crippen molar-refractivity contribution in [2.24, 2.45) is 5.73 Å². The smallest absolute Gasteiger partial charge is 0.251 e. The van der Waals surface area contributed by atoms with Gasteiger partial charge in [-0.1, -0.05) is 6.07 Å². The zero-order valence-electron chi connectivity index (χ0n) is 8.21. The summed E-state index contributed by atoms with van der Waals surface area (Å²) in [4.78, 5) is 11.3. The van der Waals surface area contributed by atoms with Crippen LogP contribution in [0.5, 0.6) is 0 Å². The van der Waals surface area contributed by atoms with E-state index in [4.69, 9.17) is 5.73 Å². The lowest BCUT2D eigenvalue weighted by Crippen LogP contribution is -2.18. The molecule has 14 heavy (non-hydrogen) atoms. The highest BCUT2D eigenvalue weighted by molar-refractivity contribution is 5.94. The highest BCUT2D eigenvalue weighted by Crippen LogP contribution is 2.09. The molecule has 0 bridgehead atoms. The van der Waals surface area contributed by atoms with Gasteiger partial charge in [0.2, 0.25) is 0 Å². The van der Waals surface area contributed by atoms with Gasteiger partial charge in [-0.3, -0.25) is 4.79 Å². The molecule has 4 nitrogen and oxygen atoms in total. The van der Waals surface area contributed by atoms with Gasteiger partial charge in [-0.15, -0.1) is 0 Å². The van der Waals surface area contributed by atoms with Crippen LogP contribution in [0, 0.1) is 0 Å². The van der Waals surface area contributed by atoms with E-state index >= 15 is 0 Å². The Kier molecular flexibility index (Phi) is 3.94. The summed E-state index contributed by atoms with van der Waals surface area (Å²) < 4.78 is 0. The minimum absolute atomic E-state index is 0.0820. The molecule has 1 amide bonds. The van der Waals surface area contributed by atoms with Crippen LogP contribution < -0.4 is 16.4 Å². The molecule has 1 aromatic carbocycles. The third kappa shape index (κ3) is 2.74. The van der Waals surface area contributed by atoms with Crippen molar-refractivity contribution in [1.29, 1.82) is 0 Å². The van der Waals surface area contributed by atoms with Crippen LogP contribution in [0.4, 0.5) is 5.69 Å². The minimum Gasteiger partial charge on any atom is -0.384 e. The molecule has 1 rings (SSSR count). The van der Waals surface area contributed by atoms with E-state index in [9.17, 15) is 4.79 Å². The summed E-state index contributed by atoms with van der Waals surface area (Å²) in [6.45, 7) is 1.28. The number of hydrogen-bond donors (Lipinski definition) is 3. The SMILES string of the molecule is CNC(=O)c1cccc(NCCN)c1. The lowest BCUT2D eigenvalue weighted by molar-refractivity contribution is 0.0963. The molecule has 0 radical (unpaired) electrons. The Hall–Kier alpha value is -1.55. The van der Waals surface area contributed by atoms with Crippen molar-refractivity contribution >= 4 is 11.6 Å². The zero-order chi connectivity index (χ0) is 10.4. The highest BCUT2D eigenvalue weighted by atomic mass is 16.1. The van der Waals surface area contributed by atoms with E-state index < -0.39 is 0 Å². The van der Waals surface area contributed by atoms with Crippen LogP contribution in [0.15, 0.2) is 24.3 Å². The van der Waals surface area contributed by atoms with Crippen LogP contribution in [-0.2, 0) is 0 Å². The number of nitrogens with one attached hydrogen (secondary N) is 2. The topological polar surface area (TPSA) is 67.2 Å². The van der Waals surface area contributed by atoms with Gasteiger partial charge in [-0.25, -0.2) is 0 Å². The molecule has 0 unspecified atom stereocenters. The first-order chi connectivity index (χ1) is 6.77. The number of benzene rings is 1. The van der Waals surface area contributed by atoms with Crippen molar-refractivity contribution in [3.63, 3.8) is 0 Å². The molecular weight excluding hydrogens is 178 g/mol. The van der Waals surface area contributed by atoms with Crippen LogP contribution in [0.3, 0.4) is 0 Å². The standard InChI is InChI=1S/C10H15N3O/c1-12-10(14)8-3-2-4-9(7-8)13-6-5-11/h2-4,7,13H,5-6,11H2,1H3,(H,12,14). The van der Waals surface area contributed by atoms with Crippen molar-refractivity contribution in [2.45, 2.75) is 0 Å². The maximum Gasteiger partial charge on any atom is 0.251 e. The van der Waals surface area contributed by atoms with Gasteiger partial charge in [-0.05, 0) is 18.2 Å². The van der Waals surface area contributed by atoms with Crippen LogP contribution >= 0.6 is 0 Å². The molecule has 0 aromatic heterocycles. The predicted molar refractivity (Wildman–Crippen MR) is 57.4 cm³/mol. The maximum atomic E-state index is 11.3. The molecule has 76 valence electrons. The fraction of sp³-hybridized carbons (Fsp3) is 0.300. The molecule has 0 fully saturated rings. The Bertz CT molecular complexity index is 312. The van der Waals surface area contributed by atoms with Gasteiger partial charge in [0, 0.05) is 31.4 Å². The zero-order valence-corrected chi connectivity index (χ0v) is 8.21. The summed E-state index contributed by atoms with van der Waals surface area (Å²) in [5, 5.41) is 5.68. The normalized spacial score (nSPS) is 9.57. The average Bonchev–Trinajstić information content (AvgIpc) is 2.25. The largest absolute Gasteiger partial charge is 0.384 e. The predicted octanol–water partition coefficient (Wildman–Crippen LogP) is 0.417. The number of hydrogen-bond acceptors (Lipinski definition) is 3. The third-order valence-electron chi connectivity index (χ3n) is 1.83. The van der Waals surface area contributed by atoms with Crippen molar-refractivity contribution in [3.05, 3.63) is 29.8 Å². The molecule has 4 N–H and O–H groups in total. The highest BCUT2D eigenvalue weighted by Gasteiger charge is 2.02. The first-order valence-corrected chi connectivity index (χ1v) is 4.54. The minimum atomic E-state index is -0.0820. The second kappa shape index (κ2) is 5.24. The second-order valence-electron chi connectivity index (χ2n) is 2.88. The number of nitrogens with two attached hydrogens (primary N) is 1. The number of amides is 1. The molecule has 0 saturated heterocycles. The van der Waals surface area contributed by atoms with E-state index in [0.29, 0.717) is 18.7 Å². The molecule has 0 aliphatic heterocycles. The first-order valence-electron chi connectivity index (χ1n) is 4.54. The van der Waals surface area contributed by atoms with Gasteiger partial charge >= 0.3 is 0 Å². The fourth-order valence-corrected chi connectivity index (χ4v) is 1.13. The van der Waals surface area contributed by atoms with Gasteiger partial charge < -0.3 is 16.4 Å². The lowest BCUT2D eigenvalue weighted by atomic mass is 10.2. The van der Waals surface area contributed by atoms with E-state index in [-0.39, 0.29) is 5.91 Å². The molecule has 0 spiro atoms. The summed E-state index contributed by atoms with van der Waals surface area (Å²) >= 11 is 0. The van der Waals surface area contributed by atoms with Crippen LogP contribution in [0.25, 0.3) is 0 Å². The lowest BCUT2D eigenvalue weighted by Gasteiger charge is -2.06. The van der Waals surface area contributed by atoms with E-state index in [2.05, 4.69) is 10.6 Å². The number of carbonyl (C=O) groups excluding carboxylic acids is 1. The molecule has 0 saturated carbocycles. The van der Waals surface area contributed by atoms with Crippen molar-refractivity contribution in [3.8, 4) is 0 Å². The summed E-state index contributed by atoms with van der Waals surface area (Å²) in [5.74, 6) is -0.0820. The van der Waals surface area contributed by atoms with Gasteiger partial charge in [-0.2, -0.15) is 0 Å². The van der Waals surface area contributed by atoms with Crippen molar-refractivity contribution in [2.75, 3.05) is 25.5 Å². The Balaban J connectivity index is 2.73. The summed E-state index contributed by atoms with van der Waals surface area (Å²) in [6.07, 6.45) is 0. The van der Waals surface area contributed by atoms with E-state index in [1.165, 1.54) is 0 Å². The van der Waals surface area contributed by atoms with Gasteiger partial charge in [0.1, 0.15) is 0 Å². The molecule has 0 aliphatic carbocycles. The Morgan fingerprint density at radius 1 is 1.50 bits per heavy atom. The quantitative estimate of drug-likeness (QED) is 0.649. The number of carbonyl (C=O) groups is 1. The van der Waals surface area contributed by atoms with Gasteiger partial charge in [0.15, 0.2) is 0 Å². The van der Waals surface area contributed by atoms with Crippen LogP contribution in [0.1, 0.15) is 10.4 Å². The van der Waals surface area contributed by atoms with E-state index in [1.54, 1.807) is 19.2 Å². The number of anilines is 1. The molecule has 0 heterocycles. The Labute approximate surface area is 83.5 Å². The van der Waals surface area contributed by atoms with Crippen molar-refractivity contribution < 1.29 is 4.79 Å². The van der Waals surface area contributed by atoms with Crippen LogP contribution in [0.2, 0.25) is 0 Å². The monoisotopic (exact) mass is 193 g/mol. The average molecular weight is 193 g/mol. The van der Waals surface area contributed by atoms with Crippen molar-refractivity contribution in [1.82, 2.24) is 5.32 Å². The molecule has 0 atom stereocenters. The number of rotatable bonds is 4. The van der Waals surface area contributed by atoms with Gasteiger partial charge in [0.25, 0.3) is 5.91 Å². The van der Waals surface area contributed by atoms with E-state index in [0.717, 1.165) is 5.69 Å². The summed E-state index contributed by atoms with van der Waals surface area (Å²) in [5.41, 5.74) is 6.92. The second-order valence-corrected chi connectivity index (χ2v) is 2.88. The summed E-state index contributed by atoms with van der Waals surface area (Å²) in [6, 6.07) is 7.31. The Morgan fingerprint density at radius 3 is 2.93 bits per heavy atom. The molecule has 1 aromatic rings. The third-order valence-corrected chi connectivity index (χ3v) is 1.83. The molecule has 4 heteroatoms. The van der Waals surface area contributed by atoms with Gasteiger partial charge in [0.05, 0.1) is 0 Å². The summed E-state index contributed by atoms with van der Waals surface area (Å²) in [7, 11) is 1.61. The first kappa shape index (κ1) is 10.5. The fourth-order valence-electron chi connectivity index (χ4n) is 1.13.